The molecule has 0 bridgehead atoms. The fourth-order valence-electron chi connectivity index (χ4n) is 1.89. The first-order valence-electron chi connectivity index (χ1n) is 8.09. The molecule has 0 amide bonds. The molecule has 1 aromatic rings. The van der Waals surface area contributed by atoms with Gasteiger partial charge >= 0.3 is 5.97 Å². The van der Waals surface area contributed by atoms with Crippen molar-refractivity contribution in [1.82, 2.24) is 0 Å². The van der Waals surface area contributed by atoms with Crippen LogP contribution in [0.1, 0.15) is 39.5 Å². The predicted octanol–water partition coefficient (Wildman–Crippen LogP) is 6.00. The number of halogens is 2. The van der Waals surface area contributed by atoms with E-state index in [9.17, 15) is 4.79 Å². The smallest absolute Gasteiger partial charge is 0.344 e. The second-order valence-corrected chi connectivity index (χ2v) is 6.24. The van der Waals surface area contributed by atoms with Crippen molar-refractivity contribution >= 4 is 29.2 Å². The standard InChI is InChI=1S/C19H24Cl2O3/c1-3-4-5-6-7-8-15(2)11-12-23-19(22)14-24-18-10-9-16(20)13-17(18)21/h7-11,13H,3-6,12,14H2,1-2H3/b8-7+,15-11+. The number of benzene rings is 1. The van der Waals surface area contributed by atoms with Gasteiger partial charge in [-0.25, -0.2) is 4.79 Å². The summed E-state index contributed by atoms with van der Waals surface area (Å²) in [6.07, 6.45) is 10.8. The fraction of sp³-hybridized carbons (Fsp3) is 0.421. The molecule has 0 saturated carbocycles. The first kappa shape index (κ1) is 20.6. The highest BCUT2D eigenvalue weighted by Crippen LogP contribution is 2.27. The number of carbonyl (C=O) groups excluding carboxylic acids is 1. The van der Waals surface area contributed by atoms with Gasteiger partial charge in [-0.05, 0) is 44.0 Å². The molecule has 0 unspecified atom stereocenters. The molecule has 0 spiro atoms. The second kappa shape index (κ2) is 12.0. The molecule has 0 aromatic heterocycles. The summed E-state index contributed by atoms with van der Waals surface area (Å²) in [6.45, 7) is 4.20. The zero-order chi connectivity index (χ0) is 17.8. The van der Waals surface area contributed by atoms with Crippen LogP contribution < -0.4 is 4.74 Å². The van der Waals surface area contributed by atoms with Crippen LogP contribution >= 0.6 is 23.2 Å². The fourth-order valence-corrected chi connectivity index (χ4v) is 2.35. The number of unbranched alkanes of at least 4 members (excludes halogenated alkanes) is 3. The van der Waals surface area contributed by atoms with Crippen LogP contribution in [0, 0.1) is 0 Å². The van der Waals surface area contributed by atoms with Crippen molar-refractivity contribution < 1.29 is 14.3 Å². The summed E-state index contributed by atoms with van der Waals surface area (Å²) >= 11 is 11.8. The molecule has 0 N–H and O–H groups in total. The summed E-state index contributed by atoms with van der Waals surface area (Å²) in [5.74, 6) is -0.0447. The molecule has 3 nitrogen and oxygen atoms in total. The Morgan fingerprint density at radius 3 is 2.75 bits per heavy atom. The summed E-state index contributed by atoms with van der Waals surface area (Å²) < 4.78 is 10.4. The normalized spacial score (nSPS) is 11.8. The van der Waals surface area contributed by atoms with Crippen LogP contribution in [0.5, 0.6) is 5.75 Å². The molecule has 0 radical (unpaired) electrons. The molecule has 1 rings (SSSR count). The molecule has 0 atom stereocenters. The maximum atomic E-state index is 11.6. The van der Waals surface area contributed by atoms with Crippen LogP contribution in [-0.4, -0.2) is 19.2 Å². The lowest BCUT2D eigenvalue weighted by Gasteiger charge is -2.07. The zero-order valence-corrected chi connectivity index (χ0v) is 15.7. The van der Waals surface area contributed by atoms with Gasteiger partial charge in [0.1, 0.15) is 12.4 Å². The van der Waals surface area contributed by atoms with Crippen LogP contribution in [0.3, 0.4) is 0 Å². The van der Waals surface area contributed by atoms with Crippen molar-refractivity contribution in [2.75, 3.05) is 13.2 Å². The molecule has 0 aliphatic carbocycles. The van der Waals surface area contributed by atoms with E-state index in [1.54, 1.807) is 18.2 Å². The third-order valence-corrected chi connectivity index (χ3v) is 3.77. The van der Waals surface area contributed by atoms with Crippen LogP contribution in [0.4, 0.5) is 0 Å². The monoisotopic (exact) mass is 370 g/mol. The first-order valence-corrected chi connectivity index (χ1v) is 8.85. The van der Waals surface area contributed by atoms with Gasteiger partial charge in [-0.15, -0.1) is 0 Å². The number of carbonyl (C=O) groups is 1. The van der Waals surface area contributed by atoms with Crippen molar-refractivity contribution in [3.63, 3.8) is 0 Å². The van der Waals surface area contributed by atoms with Crippen LogP contribution in [-0.2, 0) is 9.53 Å². The number of esters is 1. The Morgan fingerprint density at radius 1 is 1.25 bits per heavy atom. The molecule has 0 aliphatic heterocycles. The summed E-state index contributed by atoms with van der Waals surface area (Å²) in [5, 5.41) is 0.873. The second-order valence-electron chi connectivity index (χ2n) is 5.39. The molecule has 132 valence electrons. The molecule has 0 heterocycles. The topological polar surface area (TPSA) is 35.5 Å². The van der Waals surface area contributed by atoms with E-state index in [0.717, 1.165) is 12.0 Å². The molecule has 0 saturated heterocycles. The van der Waals surface area contributed by atoms with Crippen molar-refractivity contribution in [3.8, 4) is 5.75 Å². The molecule has 24 heavy (non-hydrogen) atoms. The lowest BCUT2D eigenvalue weighted by atomic mass is 10.2. The Labute approximate surface area is 154 Å². The van der Waals surface area contributed by atoms with Gasteiger partial charge in [0, 0.05) is 5.02 Å². The summed E-state index contributed by atoms with van der Waals surface area (Å²) in [5.41, 5.74) is 1.07. The van der Waals surface area contributed by atoms with Gasteiger partial charge in [0.25, 0.3) is 0 Å². The highest BCUT2D eigenvalue weighted by molar-refractivity contribution is 6.35. The van der Waals surface area contributed by atoms with Crippen molar-refractivity contribution in [2.45, 2.75) is 39.5 Å². The quantitative estimate of drug-likeness (QED) is 0.288. The van der Waals surface area contributed by atoms with Gasteiger partial charge in [0.15, 0.2) is 6.61 Å². The number of rotatable bonds is 10. The average molecular weight is 371 g/mol. The van der Waals surface area contributed by atoms with Crippen molar-refractivity contribution in [1.29, 1.82) is 0 Å². The zero-order valence-electron chi connectivity index (χ0n) is 14.2. The third-order valence-electron chi connectivity index (χ3n) is 3.24. The van der Waals surface area contributed by atoms with E-state index in [1.807, 2.05) is 19.1 Å². The van der Waals surface area contributed by atoms with Crippen LogP contribution in [0.2, 0.25) is 10.0 Å². The van der Waals surface area contributed by atoms with Crippen molar-refractivity contribution in [3.05, 3.63) is 52.0 Å². The molecule has 1 aromatic carbocycles. The Kier molecular flexibility index (Phi) is 10.3. The molecular formula is C19H24Cl2O3. The molecule has 5 heteroatoms. The van der Waals surface area contributed by atoms with Gasteiger partial charge < -0.3 is 9.47 Å². The van der Waals surface area contributed by atoms with E-state index in [2.05, 4.69) is 13.0 Å². The van der Waals surface area contributed by atoms with E-state index in [1.165, 1.54) is 19.3 Å². The van der Waals surface area contributed by atoms with E-state index in [0.29, 0.717) is 15.8 Å². The van der Waals surface area contributed by atoms with Gasteiger partial charge in [0.05, 0.1) is 5.02 Å². The lowest BCUT2D eigenvalue weighted by Crippen LogP contribution is -2.15. The largest absolute Gasteiger partial charge is 0.480 e. The van der Waals surface area contributed by atoms with E-state index >= 15 is 0 Å². The molecular weight excluding hydrogens is 347 g/mol. The third kappa shape index (κ3) is 8.99. The Hall–Kier alpha value is -1.45. The van der Waals surface area contributed by atoms with Gasteiger partial charge in [-0.1, -0.05) is 60.7 Å². The summed E-state index contributed by atoms with van der Waals surface area (Å²) in [7, 11) is 0. The summed E-state index contributed by atoms with van der Waals surface area (Å²) in [4.78, 5) is 11.6. The molecule has 0 aliphatic rings. The first-order chi connectivity index (χ1) is 11.5. The van der Waals surface area contributed by atoms with E-state index in [-0.39, 0.29) is 13.2 Å². The minimum absolute atomic E-state index is 0.193. The number of hydrogen-bond donors (Lipinski definition) is 0. The van der Waals surface area contributed by atoms with Gasteiger partial charge in [-0.3, -0.25) is 0 Å². The number of ether oxygens (including phenoxy) is 2. The number of allylic oxidation sites excluding steroid dienone is 3. The van der Waals surface area contributed by atoms with Crippen LogP contribution in [0.25, 0.3) is 0 Å². The summed E-state index contributed by atoms with van der Waals surface area (Å²) in [6, 6.07) is 4.82. The Bertz CT molecular complexity index is 580. The maximum Gasteiger partial charge on any atom is 0.344 e. The highest BCUT2D eigenvalue weighted by Gasteiger charge is 2.07. The minimum Gasteiger partial charge on any atom is -0.480 e. The number of hydrogen-bond acceptors (Lipinski definition) is 3. The van der Waals surface area contributed by atoms with Gasteiger partial charge in [-0.2, -0.15) is 0 Å². The van der Waals surface area contributed by atoms with E-state index in [4.69, 9.17) is 32.7 Å². The molecule has 0 fully saturated rings. The van der Waals surface area contributed by atoms with Crippen LogP contribution in [0.15, 0.2) is 42.0 Å². The lowest BCUT2D eigenvalue weighted by molar-refractivity contribution is -0.144. The van der Waals surface area contributed by atoms with Crippen molar-refractivity contribution in [2.24, 2.45) is 0 Å². The minimum atomic E-state index is -0.447. The Balaban J connectivity index is 2.26. The SMILES string of the molecule is CCCCC/C=C/C(C)=C/COC(=O)COc1ccc(Cl)cc1Cl. The average Bonchev–Trinajstić information content (AvgIpc) is 2.54. The maximum absolute atomic E-state index is 11.6. The Morgan fingerprint density at radius 2 is 2.04 bits per heavy atom. The van der Waals surface area contributed by atoms with Gasteiger partial charge in [0.2, 0.25) is 0 Å². The highest BCUT2D eigenvalue weighted by atomic mass is 35.5. The van der Waals surface area contributed by atoms with E-state index < -0.39 is 5.97 Å². The predicted molar refractivity (Wildman–Crippen MR) is 100.0 cm³/mol.